The number of nitrogens with one attached hydrogen (secondary N) is 1. The number of hydrogen-bond donors (Lipinski definition) is 1. The van der Waals surface area contributed by atoms with E-state index < -0.39 is 11.6 Å². The Bertz CT molecular complexity index is 582. The molecule has 1 aromatic heterocycles. The maximum atomic E-state index is 13.5. The minimum absolute atomic E-state index is 0.141. The average molecular weight is 263 g/mol. The number of aromatic nitrogens is 1. The van der Waals surface area contributed by atoms with Gasteiger partial charge in [0.15, 0.2) is 11.6 Å². The third-order valence-corrected chi connectivity index (χ3v) is 3.35. The molecule has 0 atom stereocenters. The van der Waals surface area contributed by atoms with E-state index in [0.29, 0.717) is 5.92 Å². The van der Waals surface area contributed by atoms with Crippen LogP contribution in [-0.2, 0) is 0 Å². The number of benzene rings is 1. The molecular formula is C16H19F2N. The van der Waals surface area contributed by atoms with Crippen molar-refractivity contribution < 1.29 is 8.78 Å². The predicted molar refractivity (Wildman–Crippen MR) is 74.3 cm³/mol. The maximum Gasteiger partial charge on any atom is 0.159 e. The van der Waals surface area contributed by atoms with E-state index in [9.17, 15) is 8.78 Å². The molecule has 0 radical (unpaired) electrons. The Morgan fingerprint density at radius 1 is 0.895 bits per heavy atom. The molecule has 0 spiro atoms. The van der Waals surface area contributed by atoms with Gasteiger partial charge in [-0.3, -0.25) is 0 Å². The Balaban J connectivity index is 2.56. The highest BCUT2D eigenvalue weighted by molar-refractivity contribution is 5.68. The summed E-state index contributed by atoms with van der Waals surface area (Å²) in [5.41, 5.74) is 3.59. The van der Waals surface area contributed by atoms with E-state index in [4.69, 9.17) is 0 Å². The minimum atomic E-state index is -0.799. The molecule has 0 aliphatic heterocycles. The lowest BCUT2D eigenvalue weighted by atomic mass is 9.93. The molecular weight excluding hydrogens is 244 g/mol. The molecule has 0 aliphatic carbocycles. The van der Waals surface area contributed by atoms with E-state index in [2.05, 4.69) is 18.8 Å². The topological polar surface area (TPSA) is 15.8 Å². The average Bonchev–Trinajstić information content (AvgIpc) is 2.81. The summed E-state index contributed by atoms with van der Waals surface area (Å²) >= 11 is 0. The second kappa shape index (κ2) is 5.16. The first-order valence-electron chi connectivity index (χ1n) is 6.57. The second-order valence-corrected chi connectivity index (χ2v) is 5.51. The van der Waals surface area contributed by atoms with Gasteiger partial charge in [0.25, 0.3) is 0 Å². The van der Waals surface area contributed by atoms with Crippen molar-refractivity contribution in [1.29, 1.82) is 0 Å². The number of hydrogen-bond acceptors (Lipinski definition) is 0. The van der Waals surface area contributed by atoms with Gasteiger partial charge in [0.1, 0.15) is 0 Å². The molecule has 0 aliphatic rings. The summed E-state index contributed by atoms with van der Waals surface area (Å²) in [5.74, 6) is -1.07. The fourth-order valence-corrected chi connectivity index (χ4v) is 2.19. The Morgan fingerprint density at radius 2 is 1.53 bits per heavy atom. The van der Waals surface area contributed by atoms with Crippen molar-refractivity contribution in [2.75, 3.05) is 0 Å². The Morgan fingerprint density at radius 3 is 2.05 bits per heavy atom. The first-order valence-corrected chi connectivity index (χ1v) is 6.57. The van der Waals surface area contributed by atoms with Gasteiger partial charge in [-0.05, 0) is 46.7 Å². The van der Waals surface area contributed by atoms with Crippen LogP contribution in [0.4, 0.5) is 8.78 Å². The van der Waals surface area contributed by atoms with E-state index >= 15 is 0 Å². The molecule has 1 nitrogen and oxygen atoms in total. The molecule has 3 heteroatoms. The molecule has 0 fully saturated rings. The fraction of sp³-hybridized carbons (Fsp3) is 0.375. The zero-order chi connectivity index (χ0) is 14.2. The van der Waals surface area contributed by atoms with Crippen molar-refractivity contribution in [3.05, 3.63) is 47.3 Å². The van der Waals surface area contributed by atoms with Gasteiger partial charge >= 0.3 is 0 Å². The highest BCUT2D eigenvalue weighted by atomic mass is 19.2. The summed E-state index contributed by atoms with van der Waals surface area (Å²) < 4.78 is 26.9. The molecule has 1 N–H and O–H groups in total. The fourth-order valence-electron chi connectivity index (χ4n) is 2.19. The van der Waals surface area contributed by atoms with E-state index in [1.807, 2.05) is 26.1 Å². The normalized spacial score (nSPS) is 11.6. The lowest BCUT2D eigenvalue weighted by molar-refractivity contribution is 0.506. The zero-order valence-electron chi connectivity index (χ0n) is 11.7. The van der Waals surface area contributed by atoms with Crippen LogP contribution in [0.1, 0.15) is 50.8 Å². The van der Waals surface area contributed by atoms with Gasteiger partial charge in [-0.2, -0.15) is 0 Å². The zero-order valence-corrected chi connectivity index (χ0v) is 11.7. The van der Waals surface area contributed by atoms with Crippen molar-refractivity contribution in [3.8, 4) is 11.1 Å². The first-order chi connectivity index (χ1) is 8.90. The molecule has 2 aromatic rings. The molecule has 1 heterocycles. The van der Waals surface area contributed by atoms with Crippen molar-refractivity contribution >= 4 is 0 Å². The van der Waals surface area contributed by atoms with Gasteiger partial charge in [-0.1, -0.05) is 27.7 Å². The van der Waals surface area contributed by atoms with Crippen LogP contribution in [-0.4, -0.2) is 4.98 Å². The first kappa shape index (κ1) is 13.8. The molecule has 0 amide bonds. The van der Waals surface area contributed by atoms with Crippen molar-refractivity contribution in [1.82, 2.24) is 4.98 Å². The van der Waals surface area contributed by atoms with Gasteiger partial charge in [0.2, 0.25) is 0 Å². The number of halogens is 2. The highest BCUT2D eigenvalue weighted by Crippen LogP contribution is 2.32. The lowest BCUT2D eigenvalue weighted by Crippen LogP contribution is -1.96. The molecule has 0 bridgehead atoms. The highest BCUT2D eigenvalue weighted by Gasteiger charge is 2.15. The minimum Gasteiger partial charge on any atom is -0.364 e. The van der Waals surface area contributed by atoms with Crippen molar-refractivity contribution in [2.45, 2.75) is 39.5 Å². The summed E-state index contributed by atoms with van der Waals surface area (Å²) in [6.07, 6.45) is 1.86. The van der Waals surface area contributed by atoms with Crippen LogP contribution >= 0.6 is 0 Å². The largest absolute Gasteiger partial charge is 0.364 e. The van der Waals surface area contributed by atoms with Gasteiger partial charge in [0, 0.05) is 11.9 Å². The lowest BCUT2D eigenvalue weighted by Gasteiger charge is -2.12. The third kappa shape index (κ3) is 2.70. The van der Waals surface area contributed by atoms with E-state index in [1.165, 1.54) is 12.1 Å². The molecule has 0 unspecified atom stereocenters. The van der Waals surface area contributed by atoms with Crippen LogP contribution < -0.4 is 0 Å². The second-order valence-electron chi connectivity index (χ2n) is 5.51. The standard InChI is InChI=1S/C16H19F2N/c1-9(2)12-6-14(17)15(18)7-13(12)11-5-16(10(3)4)19-8-11/h5-10,19H,1-4H3. The monoisotopic (exact) mass is 263 g/mol. The van der Waals surface area contributed by atoms with Crippen LogP contribution in [0, 0.1) is 11.6 Å². The van der Waals surface area contributed by atoms with E-state index in [1.54, 1.807) is 0 Å². The molecule has 19 heavy (non-hydrogen) atoms. The maximum absolute atomic E-state index is 13.5. The molecule has 1 aromatic carbocycles. The summed E-state index contributed by atoms with van der Waals surface area (Å²) in [6, 6.07) is 4.60. The predicted octanol–water partition coefficient (Wildman–Crippen LogP) is 5.21. The summed E-state index contributed by atoms with van der Waals surface area (Å²) in [6.45, 7) is 8.13. The molecule has 102 valence electrons. The van der Waals surface area contributed by atoms with Gasteiger partial charge in [0.05, 0.1) is 0 Å². The van der Waals surface area contributed by atoms with Crippen LogP contribution in [0.15, 0.2) is 24.4 Å². The Kier molecular flexibility index (Phi) is 3.74. The smallest absolute Gasteiger partial charge is 0.159 e. The van der Waals surface area contributed by atoms with Crippen molar-refractivity contribution in [3.63, 3.8) is 0 Å². The van der Waals surface area contributed by atoms with Crippen LogP contribution in [0.25, 0.3) is 11.1 Å². The van der Waals surface area contributed by atoms with Crippen LogP contribution in [0.3, 0.4) is 0 Å². The van der Waals surface area contributed by atoms with Gasteiger partial charge in [-0.15, -0.1) is 0 Å². The van der Waals surface area contributed by atoms with Gasteiger partial charge in [-0.25, -0.2) is 8.78 Å². The van der Waals surface area contributed by atoms with Crippen molar-refractivity contribution in [2.24, 2.45) is 0 Å². The number of H-pyrrole nitrogens is 1. The SMILES string of the molecule is CC(C)c1cc(-c2cc(F)c(F)cc2C(C)C)c[nH]1. The number of aromatic amines is 1. The van der Waals surface area contributed by atoms with E-state index in [-0.39, 0.29) is 5.92 Å². The van der Waals surface area contributed by atoms with E-state index in [0.717, 1.165) is 22.4 Å². The Hall–Kier alpha value is -1.64. The third-order valence-electron chi connectivity index (χ3n) is 3.35. The Labute approximate surface area is 112 Å². The summed E-state index contributed by atoms with van der Waals surface area (Å²) in [7, 11) is 0. The number of rotatable bonds is 3. The molecule has 2 rings (SSSR count). The van der Waals surface area contributed by atoms with Crippen LogP contribution in [0.5, 0.6) is 0 Å². The summed E-state index contributed by atoms with van der Waals surface area (Å²) in [5, 5.41) is 0. The quantitative estimate of drug-likeness (QED) is 0.782. The molecule has 0 saturated heterocycles. The van der Waals surface area contributed by atoms with Crippen LogP contribution in [0.2, 0.25) is 0 Å². The summed E-state index contributed by atoms with van der Waals surface area (Å²) in [4.78, 5) is 3.19. The van der Waals surface area contributed by atoms with Gasteiger partial charge < -0.3 is 4.98 Å². The molecule has 0 saturated carbocycles.